The van der Waals surface area contributed by atoms with Crippen LogP contribution in [0.25, 0.3) is 11.3 Å². The molecule has 0 aliphatic carbocycles. The summed E-state index contributed by atoms with van der Waals surface area (Å²) in [4.78, 5) is 8.20. The highest BCUT2D eigenvalue weighted by atomic mass is 15.0. The zero-order valence-corrected chi connectivity index (χ0v) is 7.94. The summed E-state index contributed by atoms with van der Waals surface area (Å²) in [5, 5.41) is 0. The van der Waals surface area contributed by atoms with Crippen LogP contribution in [0.3, 0.4) is 0 Å². The third-order valence-electron chi connectivity index (χ3n) is 1.94. The van der Waals surface area contributed by atoms with Gasteiger partial charge in [0.15, 0.2) is 0 Å². The molecule has 0 atom stereocenters. The number of aryl methyl sites for hydroxylation is 1. The smallest absolute Gasteiger partial charge is 0.220 e. The molecule has 0 unspecified atom stereocenters. The van der Waals surface area contributed by atoms with Gasteiger partial charge in [-0.15, -0.1) is 0 Å². The minimum atomic E-state index is 0.323. The Kier molecular flexibility index (Phi) is 2.14. The third kappa shape index (κ3) is 1.71. The van der Waals surface area contributed by atoms with E-state index >= 15 is 0 Å². The molecular weight excluding hydrogens is 174 g/mol. The SMILES string of the molecule is Cc1cc(-c2ccccc2)nc(N)n1. The lowest BCUT2D eigenvalue weighted by Crippen LogP contribution is -1.97. The van der Waals surface area contributed by atoms with Crippen molar-refractivity contribution in [3.63, 3.8) is 0 Å². The van der Waals surface area contributed by atoms with Crippen molar-refractivity contribution >= 4 is 5.95 Å². The van der Waals surface area contributed by atoms with Crippen molar-refractivity contribution in [3.05, 3.63) is 42.1 Å². The number of rotatable bonds is 1. The molecule has 0 spiro atoms. The van der Waals surface area contributed by atoms with Gasteiger partial charge in [-0.25, -0.2) is 9.97 Å². The van der Waals surface area contributed by atoms with E-state index in [0.717, 1.165) is 17.0 Å². The number of nitrogens with zero attached hydrogens (tertiary/aromatic N) is 2. The zero-order valence-electron chi connectivity index (χ0n) is 7.94. The second-order valence-corrected chi connectivity index (χ2v) is 3.12. The van der Waals surface area contributed by atoms with Crippen molar-refractivity contribution < 1.29 is 0 Å². The van der Waals surface area contributed by atoms with Crippen LogP contribution < -0.4 is 5.73 Å². The Bertz CT molecular complexity index is 417. The minimum Gasteiger partial charge on any atom is -0.368 e. The molecular formula is C11H11N3. The van der Waals surface area contributed by atoms with E-state index in [1.807, 2.05) is 43.3 Å². The van der Waals surface area contributed by atoms with Crippen LogP contribution in [0, 0.1) is 6.92 Å². The van der Waals surface area contributed by atoms with Crippen molar-refractivity contribution in [1.82, 2.24) is 9.97 Å². The Labute approximate surface area is 82.6 Å². The molecule has 0 amide bonds. The van der Waals surface area contributed by atoms with Gasteiger partial charge in [-0.3, -0.25) is 0 Å². The van der Waals surface area contributed by atoms with E-state index in [9.17, 15) is 0 Å². The van der Waals surface area contributed by atoms with Crippen LogP contribution in [-0.4, -0.2) is 9.97 Å². The Morgan fingerprint density at radius 2 is 1.79 bits per heavy atom. The molecule has 1 heterocycles. The highest BCUT2D eigenvalue weighted by Crippen LogP contribution is 2.17. The predicted octanol–water partition coefficient (Wildman–Crippen LogP) is 2.03. The van der Waals surface area contributed by atoms with Gasteiger partial charge in [0.1, 0.15) is 0 Å². The average Bonchev–Trinajstić information content (AvgIpc) is 2.18. The number of aromatic nitrogens is 2. The maximum Gasteiger partial charge on any atom is 0.220 e. The molecule has 1 aromatic carbocycles. The topological polar surface area (TPSA) is 51.8 Å². The van der Waals surface area contributed by atoms with E-state index < -0.39 is 0 Å². The lowest BCUT2D eigenvalue weighted by molar-refractivity contribution is 1.12. The molecule has 2 rings (SSSR count). The molecule has 0 aliphatic rings. The summed E-state index contributed by atoms with van der Waals surface area (Å²) in [6.45, 7) is 1.91. The molecule has 0 fully saturated rings. The molecule has 70 valence electrons. The Balaban J connectivity index is 2.52. The quantitative estimate of drug-likeness (QED) is 0.739. The molecule has 0 saturated heterocycles. The molecule has 3 nitrogen and oxygen atoms in total. The lowest BCUT2D eigenvalue weighted by Gasteiger charge is -2.02. The van der Waals surface area contributed by atoms with Gasteiger partial charge in [0.25, 0.3) is 0 Å². The predicted molar refractivity (Wildman–Crippen MR) is 56.6 cm³/mol. The van der Waals surface area contributed by atoms with Gasteiger partial charge in [0.05, 0.1) is 5.69 Å². The van der Waals surface area contributed by atoms with Crippen molar-refractivity contribution in [2.75, 3.05) is 5.73 Å². The van der Waals surface area contributed by atoms with Gasteiger partial charge in [0, 0.05) is 11.3 Å². The molecule has 0 aliphatic heterocycles. The van der Waals surface area contributed by atoms with Crippen LogP contribution in [0.4, 0.5) is 5.95 Å². The Morgan fingerprint density at radius 1 is 1.07 bits per heavy atom. The largest absolute Gasteiger partial charge is 0.368 e. The maximum absolute atomic E-state index is 5.57. The van der Waals surface area contributed by atoms with Gasteiger partial charge in [-0.1, -0.05) is 30.3 Å². The average molecular weight is 185 g/mol. The fourth-order valence-electron chi connectivity index (χ4n) is 1.35. The van der Waals surface area contributed by atoms with Gasteiger partial charge >= 0.3 is 0 Å². The first-order valence-electron chi connectivity index (χ1n) is 4.42. The van der Waals surface area contributed by atoms with E-state index in [-0.39, 0.29) is 0 Å². The van der Waals surface area contributed by atoms with Crippen LogP contribution in [-0.2, 0) is 0 Å². The second-order valence-electron chi connectivity index (χ2n) is 3.12. The minimum absolute atomic E-state index is 0.323. The Hall–Kier alpha value is -1.90. The Morgan fingerprint density at radius 3 is 2.43 bits per heavy atom. The first-order valence-corrected chi connectivity index (χ1v) is 4.42. The summed E-state index contributed by atoms with van der Waals surface area (Å²) in [6.07, 6.45) is 0. The molecule has 2 N–H and O–H groups in total. The van der Waals surface area contributed by atoms with Crippen LogP contribution in [0.15, 0.2) is 36.4 Å². The number of nitrogen functional groups attached to an aromatic ring is 1. The number of hydrogen-bond donors (Lipinski definition) is 1. The van der Waals surface area contributed by atoms with Gasteiger partial charge < -0.3 is 5.73 Å². The van der Waals surface area contributed by atoms with Crippen LogP contribution >= 0.6 is 0 Å². The van der Waals surface area contributed by atoms with E-state index in [2.05, 4.69) is 9.97 Å². The number of hydrogen-bond acceptors (Lipinski definition) is 3. The summed E-state index contributed by atoms with van der Waals surface area (Å²) in [6, 6.07) is 11.8. The first-order chi connectivity index (χ1) is 6.75. The summed E-state index contributed by atoms with van der Waals surface area (Å²) in [5.74, 6) is 0.323. The molecule has 1 aromatic heterocycles. The molecule has 14 heavy (non-hydrogen) atoms. The molecule has 0 radical (unpaired) electrons. The molecule has 0 saturated carbocycles. The van der Waals surface area contributed by atoms with E-state index in [1.54, 1.807) is 0 Å². The highest BCUT2D eigenvalue weighted by Gasteiger charge is 2.00. The standard InChI is InChI=1S/C11H11N3/c1-8-7-10(14-11(12)13-8)9-5-3-2-4-6-9/h2-7H,1H3,(H2,12,13,14). The van der Waals surface area contributed by atoms with Gasteiger partial charge in [-0.2, -0.15) is 0 Å². The van der Waals surface area contributed by atoms with Crippen molar-refractivity contribution in [1.29, 1.82) is 0 Å². The van der Waals surface area contributed by atoms with Crippen molar-refractivity contribution in [2.24, 2.45) is 0 Å². The highest BCUT2D eigenvalue weighted by molar-refractivity contribution is 5.60. The fourth-order valence-corrected chi connectivity index (χ4v) is 1.35. The summed E-state index contributed by atoms with van der Waals surface area (Å²) in [7, 11) is 0. The van der Waals surface area contributed by atoms with Crippen LogP contribution in [0.2, 0.25) is 0 Å². The number of anilines is 1. The molecule has 0 bridgehead atoms. The van der Waals surface area contributed by atoms with Crippen molar-refractivity contribution in [2.45, 2.75) is 6.92 Å². The van der Waals surface area contributed by atoms with Crippen molar-refractivity contribution in [3.8, 4) is 11.3 Å². The molecule has 3 heteroatoms. The maximum atomic E-state index is 5.57. The summed E-state index contributed by atoms with van der Waals surface area (Å²) in [5.41, 5.74) is 8.39. The second kappa shape index (κ2) is 3.46. The third-order valence-corrected chi connectivity index (χ3v) is 1.94. The molecule has 2 aromatic rings. The van der Waals surface area contributed by atoms with Crippen LogP contribution in [0.5, 0.6) is 0 Å². The fraction of sp³-hybridized carbons (Fsp3) is 0.0909. The van der Waals surface area contributed by atoms with Crippen LogP contribution in [0.1, 0.15) is 5.69 Å². The first kappa shape index (κ1) is 8.69. The summed E-state index contributed by atoms with van der Waals surface area (Å²) < 4.78 is 0. The zero-order chi connectivity index (χ0) is 9.97. The van der Waals surface area contributed by atoms with E-state index in [1.165, 1.54) is 0 Å². The monoisotopic (exact) mass is 185 g/mol. The van der Waals surface area contributed by atoms with Gasteiger partial charge in [-0.05, 0) is 13.0 Å². The normalized spacial score (nSPS) is 10.1. The summed E-state index contributed by atoms with van der Waals surface area (Å²) >= 11 is 0. The van der Waals surface area contributed by atoms with E-state index in [4.69, 9.17) is 5.73 Å². The number of nitrogens with two attached hydrogens (primary N) is 1. The lowest BCUT2D eigenvalue weighted by atomic mass is 10.1. The van der Waals surface area contributed by atoms with Gasteiger partial charge in [0.2, 0.25) is 5.95 Å². The van der Waals surface area contributed by atoms with E-state index in [0.29, 0.717) is 5.95 Å². The number of benzene rings is 1.